The van der Waals surface area contributed by atoms with Gasteiger partial charge in [0.15, 0.2) is 0 Å². The molecule has 0 fully saturated rings. The van der Waals surface area contributed by atoms with Crippen LogP contribution in [-0.4, -0.2) is 20.4 Å². The van der Waals surface area contributed by atoms with E-state index in [0.29, 0.717) is 0 Å². The molecule has 0 radical (unpaired) electrons. The topological polar surface area (TPSA) is 9.23 Å². The molecule has 1 nitrogen and oxygen atoms in total. The van der Waals surface area contributed by atoms with Crippen molar-refractivity contribution in [1.82, 2.24) is 0 Å². The van der Waals surface area contributed by atoms with Gasteiger partial charge in [-0.3, -0.25) is 0 Å². The third kappa shape index (κ3) is 2.74. The molecule has 0 bridgehead atoms. The van der Waals surface area contributed by atoms with Gasteiger partial charge in [-0.25, -0.2) is 0 Å². The van der Waals surface area contributed by atoms with Gasteiger partial charge in [-0.2, -0.15) is 0 Å². The highest BCUT2D eigenvalue weighted by Gasteiger charge is 2.49. The van der Waals surface area contributed by atoms with E-state index in [9.17, 15) is 0 Å². The summed E-state index contributed by atoms with van der Waals surface area (Å²) in [5.41, 5.74) is 0. The van der Waals surface area contributed by atoms with Crippen LogP contribution in [0, 0.1) is 0 Å². The lowest BCUT2D eigenvalue weighted by Crippen LogP contribution is -2.58. The van der Waals surface area contributed by atoms with Gasteiger partial charge in [0.1, 0.15) is 8.07 Å². The van der Waals surface area contributed by atoms with Crippen LogP contribution in [0.25, 0.3) is 0 Å². The monoisotopic (exact) mass is 254 g/mol. The zero-order valence-corrected chi connectivity index (χ0v) is 13.6. The quantitative estimate of drug-likeness (QED) is 0.442. The average molecular weight is 254 g/mol. The van der Waals surface area contributed by atoms with E-state index in [4.69, 9.17) is 4.74 Å². The van der Waals surface area contributed by atoms with E-state index in [-0.39, 0.29) is 5.22 Å². The Morgan fingerprint density at radius 2 is 1.76 bits per heavy atom. The Balaban J connectivity index is 5.75. The average Bonchev–Trinajstić information content (AvgIpc) is 2.36. The van der Waals surface area contributed by atoms with Gasteiger partial charge in [-0.15, -0.1) is 6.58 Å². The third-order valence-corrected chi connectivity index (χ3v) is 11.0. The number of hydrogen-bond donors (Lipinski definition) is 0. The predicted molar refractivity (Wildman–Crippen MR) is 81.0 cm³/mol. The minimum Gasteiger partial charge on any atom is -0.377 e. The summed E-state index contributed by atoms with van der Waals surface area (Å²) in [5, 5.41) is 1.47. The molecule has 0 spiro atoms. The van der Waals surface area contributed by atoms with Crippen LogP contribution in [0.3, 0.4) is 0 Å². The highest BCUT2D eigenvalue weighted by atomic mass is 28.3. The normalized spacial score (nSPS) is 16.7. The summed E-state index contributed by atoms with van der Waals surface area (Å²) < 4.78 is 5.95. The van der Waals surface area contributed by atoms with Crippen molar-refractivity contribution in [2.45, 2.75) is 64.8 Å². The van der Waals surface area contributed by atoms with Crippen LogP contribution in [0.1, 0.15) is 47.5 Å². The summed E-state index contributed by atoms with van der Waals surface area (Å²) in [6, 6.07) is 2.44. The van der Waals surface area contributed by atoms with Gasteiger partial charge in [-0.1, -0.05) is 57.1 Å². The van der Waals surface area contributed by atoms with Gasteiger partial charge in [-0.05, 0) is 19.8 Å². The van der Waals surface area contributed by atoms with Crippen molar-refractivity contribution in [2.24, 2.45) is 0 Å². The Bertz CT molecular complexity index is 260. The molecule has 0 aliphatic rings. The predicted octanol–water partition coefficient (Wildman–Crippen LogP) is 4.89. The molecule has 0 aromatic rings. The number of allylic oxidation sites excluding steroid dienone is 2. The van der Waals surface area contributed by atoms with E-state index >= 15 is 0 Å². The molecular formula is C15H30OSi. The fourth-order valence-electron chi connectivity index (χ4n) is 3.34. The molecule has 0 N–H and O–H groups in total. The largest absolute Gasteiger partial charge is 0.377 e. The Kier molecular flexibility index (Phi) is 7.03. The highest BCUT2D eigenvalue weighted by Crippen LogP contribution is 2.40. The molecule has 2 heteroatoms. The summed E-state index contributed by atoms with van der Waals surface area (Å²) in [6.07, 6.45) is 6.60. The third-order valence-electron chi connectivity index (χ3n) is 4.50. The lowest BCUT2D eigenvalue weighted by Gasteiger charge is -2.46. The molecule has 0 aliphatic heterocycles. The molecule has 0 saturated carbocycles. The second kappa shape index (κ2) is 7.17. The van der Waals surface area contributed by atoms with Crippen molar-refractivity contribution in [2.75, 3.05) is 7.11 Å². The van der Waals surface area contributed by atoms with E-state index in [2.05, 4.69) is 53.3 Å². The number of ether oxygens (including phenoxy) is 1. The first-order valence-corrected chi connectivity index (χ1v) is 9.31. The van der Waals surface area contributed by atoms with Gasteiger partial charge in [0.25, 0.3) is 0 Å². The molecule has 0 amide bonds. The Labute approximate surface area is 109 Å². The fraction of sp³-hybridized carbons (Fsp3) is 0.733. The van der Waals surface area contributed by atoms with E-state index < -0.39 is 8.07 Å². The number of rotatable bonds is 8. The summed E-state index contributed by atoms with van der Waals surface area (Å²) in [4.78, 5) is 0. The van der Waals surface area contributed by atoms with Crippen molar-refractivity contribution in [1.29, 1.82) is 0 Å². The summed E-state index contributed by atoms with van der Waals surface area (Å²) in [7, 11) is 0.218. The molecular weight excluding hydrogens is 224 g/mol. The van der Waals surface area contributed by atoms with Crippen LogP contribution < -0.4 is 0 Å². The van der Waals surface area contributed by atoms with Crippen molar-refractivity contribution in [3.05, 3.63) is 23.9 Å². The van der Waals surface area contributed by atoms with Crippen molar-refractivity contribution >= 4 is 8.07 Å². The van der Waals surface area contributed by atoms with E-state index in [1.54, 1.807) is 5.20 Å². The molecule has 100 valence electrons. The summed E-state index contributed by atoms with van der Waals surface area (Å²) in [6.45, 7) is 15.4. The lowest BCUT2D eigenvalue weighted by atomic mass is 10.2. The fourth-order valence-corrected chi connectivity index (χ4v) is 8.88. The van der Waals surface area contributed by atoms with Crippen LogP contribution in [-0.2, 0) is 4.74 Å². The first-order chi connectivity index (χ1) is 8.03. The Morgan fingerprint density at radius 3 is 2.00 bits per heavy atom. The minimum absolute atomic E-state index is 0.105. The molecule has 17 heavy (non-hydrogen) atoms. The first kappa shape index (κ1) is 16.7. The lowest BCUT2D eigenvalue weighted by molar-refractivity contribution is 0.0894. The molecule has 0 rings (SSSR count). The molecule has 0 heterocycles. The maximum Gasteiger partial charge on any atom is 0.122 e. The molecule has 1 atom stereocenters. The second-order valence-corrected chi connectivity index (χ2v) is 9.95. The smallest absolute Gasteiger partial charge is 0.122 e. The van der Waals surface area contributed by atoms with E-state index in [1.807, 2.05) is 7.11 Å². The van der Waals surface area contributed by atoms with Gasteiger partial charge in [0, 0.05) is 7.11 Å². The summed E-state index contributed by atoms with van der Waals surface area (Å²) >= 11 is 0. The zero-order valence-electron chi connectivity index (χ0n) is 12.6. The van der Waals surface area contributed by atoms with Gasteiger partial charge < -0.3 is 4.74 Å². The zero-order chi connectivity index (χ0) is 13.5. The van der Waals surface area contributed by atoms with Crippen LogP contribution >= 0.6 is 0 Å². The minimum atomic E-state index is -1.63. The van der Waals surface area contributed by atoms with Gasteiger partial charge in [0.2, 0.25) is 0 Å². The van der Waals surface area contributed by atoms with Gasteiger partial charge >= 0.3 is 0 Å². The van der Waals surface area contributed by atoms with Crippen molar-refractivity contribution < 1.29 is 4.74 Å². The second-order valence-electron chi connectivity index (χ2n) is 4.74. The SMILES string of the molecule is C=CC(CC)(OC)[Si](CC)(CC)C(C)=CCC. The number of methoxy groups -OCH3 is 1. The van der Waals surface area contributed by atoms with Crippen molar-refractivity contribution in [3.8, 4) is 0 Å². The summed E-state index contributed by atoms with van der Waals surface area (Å²) in [5.74, 6) is 0. The molecule has 0 aromatic carbocycles. The van der Waals surface area contributed by atoms with Crippen LogP contribution in [0.5, 0.6) is 0 Å². The highest BCUT2D eigenvalue weighted by molar-refractivity contribution is 6.89. The van der Waals surface area contributed by atoms with Crippen LogP contribution in [0.15, 0.2) is 23.9 Å². The van der Waals surface area contributed by atoms with Crippen LogP contribution in [0.2, 0.25) is 12.1 Å². The molecule has 0 aromatic heterocycles. The molecule has 1 unspecified atom stereocenters. The van der Waals surface area contributed by atoms with E-state index in [0.717, 1.165) is 12.8 Å². The van der Waals surface area contributed by atoms with Crippen molar-refractivity contribution in [3.63, 3.8) is 0 Å². The maximum atomic E-state index is 5.95. The standard InChI is InChI=1S/C15H30OSi/c1-8-13-14(6)17(11-4,12-5)15(9-2,10-3)16-7/h9,13H,2,8,10-12H2,1,3-7H3. The number of hydrogen-bond acceptors (Lipinski definition) is 1. The Morgan fingerprint density at radius 1 is 1.24 bits per heavy atom. The maximum absolute atomic E-state index is 5.95. The molecule has 0 aliphatic carbocycles. The Hall–Kier alpha value is -0.343. The van der Waals surface area contributed by atoms with Gasteiger partial charge in [0.05, 0.1) is 5.22 Å². The first-order valence-electron chi connectivity index (χ1n) is 6.90. The van der Waals surface area contributed by atoms with E-state index in [1.165, 1.54) is 12.1 Å². The molecule has 0 saturated heterocycles. The van der Waals surface area contributed by atoms with Crippen LogP contribution in [0.4, 0.5) is 0 Å².